The Morgan fingerprint density at radius 3 is 1.33 bits per heavy atom. The van der Waals surface area contributed by atoms with E-state index >= 15 is 0 Å². The third-order valence-corrected chi connectivity index (χ3v) is 22.7. The molecule has 5 heteroatoms. The van der Waals surface area contributed by atoms with E-state index in [-0.39, 0.29) is 11.8 Å². The van der Waals surface area contributed by atoms with E-state index in [1.807, 2.05) is 14.2 Å². The molecular formula is C40H37O2Si2Zr. The van der Waals surface area contributed by atoms with Gasteiger partial charge in [-0.3, -0.25) is 0 Å². The first-order valence-corrected chi connectivity index (χ1v) is 21.2. The van der Waals surface area contributed by atoms with Gasteiger partial charge in [-0.1, -0.05) is 0 Å². The summed E-state index contributed by atoms with van der Waals surface area (Å²) in [5.41, 5.74) is 2.08. The summed E-state index contributed by atoms with van der Waals surface area (Å²) in [6, 6.07) is 44.8. The van der Waals surface area contributed by atoms with Gasteiger partial charge in [-0.25, -0.2) is 0 Å². The molecule has 0 atom stereocenters. The molecule has 45 heavy (non-hydrogen) atoms. The molecule has 2 nitrogen and oxygen atoms in total. The van der Waals surface area contributed by atoms with E-state index in [0.29, 0.717) is 0 Å². The zero-order chi connectivity index (χ0) is 31.1. The Kier molecular flexibility index (Phi) is 10.0. The minimum absolute atomic E-state index is 0.0812. The van der Waals surface area contributed by atoms with E-state index in [9.17, 15) is 0 Å². The van der Waals surface area contributed by atoms with Crippen molar-refractivity contribution in [2.24, 2.45) is 17.3 Å². The number of methoxy groups -OCH3 is 2. The van der Waals surface area contributed by atoms with Crippen LogP contribution in [0.25, 0.3) is 0 Å². The van der Waals surface area contributed by atoms with Crippen molar-refractivity contribution in [2.45, 2.75) is 0 Å². The van der Waals surface area contributed by atoms with Crippen LogP contribution in [0.15, 0.2) is 181 Å². The van der Waals surface area contributed by atoms with Crippen molar-refractivity contribution in [3.8, 4) is 0 Å². The van der Waals surface area contributed by atoms with E-state index < -0.39 is 21.3 Å². The molecular weight excluding hydrogens is 660 g/mol. The normalized spacial score (nSPS) is 15.3. The van der Waals surface area contributed by atoms with Gasteiger partial charge < -0.3 is 0 Å². The molecule has 0 saturated carbocycles. The first-order chi connectivity index (χ1) is 22.2. The average Bonchev–Trinajstić information content (AvgIpc) is 3.86. The van der Waals surface area contributed by atoms with E-state index in [1.54, 1.807) is 0 Å². The van der Waals surface area contributed by atoms with Gasteiger partial charge in [0.05, 0.1) is 0 Å². The van der Waals surface area contributed by atoms with Crippen molar-refractivity contribution in [3.63, 3.8) is 0 Å². The fourth-order valence-corrected chi connectivity index (χ4v) is 21.4. The molecule has 4 aromatic carbocycles. The van der Waals surface area contributed by atoms with Gasteiger partial charge in [-0.05, 0) is 0 Å². The van der Waals surface area contributed by atoms with Crippen LogP contribution >= 0.6 is 0 Å². The van der Waals surface area contributed by atoms with Gasteiger partial charge in [0.15, 0.2) is 0 Å². The van der Waals surface area contributed by atoms with Crippen LogP contribution in [-0.2, 0) is 33.7 Å². The van der Waals surface area contributed by atoms with Gasteiger partial charge in [-0.2, -0.15) is 0 Å². The molecule has 0 saturated heterocycles. The van der Waals surface area contributed by atoms with Crippen molar-refractivity contribution < 1.29 is 33.7 Å². The van der Waals surface area contributed by atoms with Crippen molar-refractivity contribution >= 4 is 40.0 Å². The number of hydrogen-bond donors (Lipinski definition) is 0. The Labute approximate surface area is 284 Å². The zero-order valence-electron chi connectivity index (χ0n) is 25.7. The summed E-state index contributed by atoms with van der Waals surface area (Å²) in [6.07, 6.45) is 17.9. The monoisotopic (exact) mass is 695 g/mol. The van der Waals surface area contributed by atoms with Gasteiger partial charge in [0, 0.05) is 0 Å². The molecule has 2 aliphatic rings. The molecule has 1 radical (unpaired) electrons. The molecule has 221 valence electrons. The quantitative estimate of drug-likeness (QED) is 0.144. The fourth-order valence-electron chi connectivity index (χ4n) is 7.08. The second kappa shape index (κ2) is 14.3. The van der Waals surface area contributed by atoms with E-state index in [4.69, 9.17) is 9.47 Å². The predicted octanol–water partition coefficient (Wildman–Crippen LogP) is 5.50. The van der Waals surface area contributed by atoms with Crippen LogP contribution in [0, 0.1) is 17.3 Å². The maximum atomic E-state index is 6.77. The third kappa shape index (κ3) is 5.84. The van der Waals surface area contributed by atoms with Crippen molar-refractivity contribution in [1.29, 1.82) is 0 Å². The van der Waals surface area contributed by atoms with Gasteiger partial charge >= 0.3 is 287 Å². The molecule has 0 spiro atoms. The first kappa shape index (κ1) is 31.5. The molecule has 2 aliphatic carbocycles. The van der Waals surface area contributed by atoms with Crippen LogP contribution in [0.3, 0.4) is 0 Å². The molecule has 0 aliphatic heterocycles. The summed E-state index contributed by atoms with van der Waals surface area (Å²) in [7, 11) is -0.653. The molecule has 4 aromatic rings. The zero-order valence-corrected chi connectivity index (χ0v) is 30.2. The van der Waals surface area contributed by atoms with Crippen molar-refractivity contribution in [1.82, 2.24) is 0 Å². The second-order valence-corrected chi connectivity index (χ2v) is 21.3. The van der Waals surface area contributed by atoms with Gasteiger partial charge in [-0.15, -0.1) is 0 Å². The van der Waals surface area contributed by atoms with Crippen molar-refractivity contribution in [2.75, 3.05) is 14.2 Å². The fraction of sp³-hybridized carbons (Fsp3) is 0.125. The van der Waals surface area contributed by atoms with Crippen LogP contribution in [0.5, 0.6) is 0 Å². The standard InChI is InChI=1S/C40H37O2Si2.Zr/c1-41-32-40(33-19-15-16-20-33,34-21-17-18-22-34)39(42-2)31-44(37-27-11-5-12-28-37,38-29-13-6-14-30-38)43(35-23-7-3-8-24-35)36-25-9-4-10-26-36;/h3-31,33-34H,1-2H3;. The second-order valence-electron chi connectivity index (χ2n) is 11.4. The first-order valence-electron chi connectivity index (χ1n) is 15.4. The molecule has 0 heterocycles. The Morgan fingerprint density at radius 1 is 0.600 bits per heavy atom. The summed E-state index contributed by atoms with van der Waals surface area (Å²) in [4.78, 5) is 0. The molecule has 0 amide bonds. The Morgan fingerprint density at radius 2 is 0.978 bits per heavy atom. The molecule has 0 unspecified atom stereocenters. The summed E-state index contributed by atoms with van der Waals surface area (Å²) in [5.74, 6) is 1.14. The van der Waals surface area contributed by atoms with Crippen LogP contribution in [0.1, 0.15) is 0 Å². The summed E-state index contributed by atoms with van der Waals surface area (Å²) >= 11 is 1.24. The molecule has 0 fully saturated rings. The number of rotatable bonds is 12. The van der Waals surface area contributed by atoms with E-state index in [1.165, 1.54) is 45.0 Å². The van der Waals surface area contributed by atoms with Crippen LogP contribution < -0.4 is 20.7 Å². The van der Waals surface area contributed by atoms with Crippen LogP contribution in [0.2, 0.25) is 0 Å². The Bertz CT molecular complexity index is 1610. The van der Waals surface area contributed by atoms with Crippen LogP contribution in [-0.4, -0.2) is 33.5 Å². The third-order valence-electron chi connectivity index (χ3n) is 9.08. The predicted molar refractivity (Wildman–Crippen MR) is 189 cm³/mol. The SMILES string of the molecule is CO[C](=[Zr])C(C(=C[Si](c1ccccc1)(c1ccccc1)[Si](c1ccccc1)c1ccccc1)OC)(C1C=CC=C1)C1C=CC=C1. The maximum absolute atomic E-state index is 6.77. The van der Waals surface area contributed by atoms with Gasteiger partial charge in [0.1, 0.15) is 0 Å². The average molecular weight is 697 g/mol. The molecule has 0 N–H and O–H groups in total. The topological polar surface area (TPSA) is 18.5 Å². The van der Waals surface area contributed by atoms with Crippen molar-refractivity contribution in [3.05, 3.63) is 181 Å². The Hall–Kier alpha value is -3.47. The number of ether oxygens (including phenoxy) is 2. The van der Waals surface area contributed by atoms with Gasteiger partial charge in [0.2, 0.25) is 0 Å². The summed E-state index contributed by atoms with van der Waals surface area (Å²) in [5, 5.41) is 5.54. The van der Waals surface area contributed by atoms with Crippen LogP contribution in [0.4, 0.5) is 0 Å². The summed E-state index contributed by atoms with van der Waals surface area (Å²) in [6.45, 7) is 0. The molecule has 0 bridgehead atoms. The number of allylic oxidation sites excluding steroid dienone is 8. The molecule has 0 aromatic heterocycles. The van der Waals surface area contributed by atoms with E-state index in [0.717, 1.165) is 9.15 Å². The van der Waals surface area contributed by atoms with E-state index in [2.05, 4.69) is 176 Å². The van der Waals surface area contributed by atoms with Gasteiger partial charge in [0.25, 0.3) is 0 Å². The summed E-state index contributed by atoms with van der Waals surface area (Å²) < 4.78 is 14.1. The Balaban J connectivity index is 1.78. The molecule has 6 rings (SSSR count). The number of hydrogen-bond acceptors (Lipinski definition) is 2. The minimum atomic E-state index is -2.85. The number of benzene rings is 4.